The maximum atomic E-state index is 13.3. The van der Waals surface area contributed by atoms with Gasteiger partial charge in [0.15, 0.2) is 0 Å². The smallest absolute Gasteiger partial charge is 0.210 e. The molecule has 0 spiro atoms. The van der Waals surface area contributed by atoms with Crippen LogP contribution in [0.3, 0.4) is 0 Å². The van der Waals surface area contributed by atoms with Crippen LogP contribution in [0.2, 0.25) is 0 Å². The fourth-order valence-electron chi connectivity index (χ4n) is 2.22. The molecule has 1 saturated heterocycles. The number of hydrogen-bond donors (Lipinski definition) is 1. The van der Waals surface area contributed by atoms with Gasteiger partial charge in [-0.05, 0) is 18.2 Å². The first-order valence-corrected chi connectivity index (χ1v) is 6.09. The number of hydrogen-bond acceptors (Lipinski definition) is 3. The Morgan fingerprint density at radius 3 is 2.83 bits per heavy atom. The summed E-state index contributed by atoms with van der Waals surface area (Å²) in [5, 5.41) is 3.31. The molecule has 0 aliphatic carbocycles. The number of aromatic nitrogens is 2. The summed E-state index contributed by atoms with van der Waals surface area (Å²) in [5.41, 5.74) is 0.807. The topological polar surface area (TPSA) is 33.1 Å². The first-order chi connectivity index (χ1) is 8.84. The number of benzene rings is 1. The third kappa shape index (κ3) is 2.09. The van der Waals surface area contributed by atoms with Gasteiger partial charge in [0.05, 0.1) is 5.69 Å². The van der Waals surface area contributed by atoms with Crippen LogP contribution >= 0.6 is 0 Å². The molecule has 94 valence electrons. The van der Waals surface area contributed by atoms with Crippen molar-refractivity contribution in [2.24, 2.45) is 0 Å². The lowest BCUT2D eigenvalue weighted by Gasteiger charge is -2.28. The van der Waals surface area contributed by atoms with E-state index in [4.69, 9.17) is 0 Å². The molecule has 0 bridgehead atoms. The number of rotatable bonds is 2. The molecule has 2 heterocycles. The van der Waals surface area contributed by atoms with Crippen LogP contribution in [0.4, 0.5) is 10.3 Å². The quantitative estimate of drug-likeness (QED) is 0.870. The second-order valence-corrected chi connectivity index (χ2v) is 4.31. The summed E-state index contributed by atoms with van der Waals surface area (Å²) in [5.74, 6) is 0.648. The van der Waals surface area contributed by atoms with Crippen molar-refractivity contribution in [2.45, 2.75) is 0 Å². The van der Waals surface area contributed by atoms with E-state index in [2.05, 4.69) is 15.2 Å². The van der Waals surface area contributed by atoms with Crippen molar-refractivity contribution in [2.75, 3.05) is 31.1 Å². The zero-order chi connectivity index (χ0) is 12.4. The fraction of sp³-hybridized carbons (Fsp3) is 0.308. The fourth-order valence-corrected chi connectivity index (χ4v) is 2.22. The molecular formula is C13H15FN4. The molecule has 2 aromatic rings. The van der Waals surface area contributed by atoms with Crippen molar-refractivity contribution in [1.82, 2.24) is 14.9 Å². The van der Waals surface area contributed by atoms with Gasteiger partial charge in [0.1, 0.15) is 5.82 Å². The Balaban J connectivity index is 1.95. The zero-order valence-electron chi connectivity index (χ0n) is 10.0. The maximum Gasteiger partial charge on any atom is 0.210 e. The minimum absolute atomic E-state index is 0.229. The summed E-state index contributed by atoms with van der Waals surface area (Å²) in [6.45, 7) is 3.75. The average molecular weight is 246 g/mol. The van der Waals surface area contributed by atoms with Crippen LogP contribution in [0.15, 0.2) is 36.7 Å². The van der Waals surface area contributed by atoms with Crippen molar-refractivity contribution in [3.8, 4) is 5.69 Å². The highest BCUT2D eigenvalue weighted by Crippen LogP contribution is 2.19. The molecule has 0 radical (unpaired) electrons. The van der Waals surface area contributed by atoms with Gasteiger partial charge in [-0.2, -0.15) is 0 Å². The lowest BCUT2D eigenvalue weighted by atomic mass is 10.3. The zero-order valence-corrected chi connectivity index (χ0v) is 10.0. The lowest BCUT2D eigenvalue weighted by Crippen LogP contribution is -2.44. The molecule has 3 rings (SSSR count). The maximum absolute atomic E-state index is 13.3. The van der Waals surface area contributed by atoms with Crippen LogP contribution in [0.25, 0.3) is 5.69 Å². The standard InChI is InChI=1S/C13H15FN4/c14-11-2-1-3-12(10-11)18-9-6-16-13(18)17-7-4-15-5-8-17/h1-3,6,9-10,15H,4-5,7-8H2. The van der Waals surface area contributed by atoms with E-state index in [1.165, 1.54) is 12.1 Å². The molecular weight excluding hydrogens is 231 g/mol. The predicted octanol–water partition coefficient (Wildman–Crippen LogP) is 1.42. The van der Waals surface area contributed by atoms with Gasteiger partial charge in [-0.15, -0.1) is 0 Å². The van der Waals surface area contributed by atoms with Crippen molar-refractivity contribution >= 4 is 5.95 Å². The van der Waals surface area contributed by atoms with E-state index in [-0.39, 0.29) is 5.82 Å². The van der Waals surface area contributed by atoms with E-state index >= 15 is 0 Å². The monoisotopic (exact) mass is 246 g/mol. The summed E-state index contributed by atoms with van der Waals surface area (Å²) < 4.78 is 15.2. The van der Waals surface area contributed by atoms with Gasteiger partial charge in [-0.25, -0.2) is 9.37 Å². The van der Waals surface area contributed by atoms with Crippen LogP contribution in [-0.4, -0.2) is 35.7 Å². The molecule has 0 atom stereocenters. The summed E-state index contributed by atoms with van der Waals surface area (Å²) in [6, 6.07) is 6.57. The van der Waals surface area contributed by atoms with Gasteiger partial charge in [0.25, 0.3) is 0 Å². The Bertz CT molecular complexity index is 531. The van der Waals surface area contributed by atoms with Gasteiger partial charge in [-0.1, -0.05) is 6.07 Å². The lowest BCUT2D eigenvalue weighted by molar-refractivity contribution is 0.577. The highest BCUT2D eigenvalue weighted by Gasteiger charge is 2.16. The van der Waals surface area contributed by atoms with E-state index in [1.807, 2.05) is 16.8 Å². The van der Waals surface area contributed by atoms with E-state index in [0.29, 0.717) is 0 Å². The molecule has 5 heteroatoms. The third-order valence-corrected chi connectivity index (χ3v) is 3.11. The van der Waals surface area contributed by atoms with Crippen molar-refractivity contribution in [3.63, 3.8) is 0 Å². The Morgan fingerprint density at radius 2 is 2.06 bits per heavy atom. The van der Waals surface area contributed by atoms with Crippen LogP contribution < -0.4 is 10.2 Å². The van der Waals surface area contributed by atoms with Crippen LogP contribution in [0.1, 0.15) is 0 Å². The van der Waals surface area contributed by atoms with Gasteiger partial charge in [0, 0.05) is 38.6 Å². The van der Waals surface area contributed by atoms with Crippen LogP contribution in [0, 0.1) is 5.82 Å². The number of halogens is 1. The molecule has 1 aliphatic rings. The number of imidazole rings is 1. The number of piperazine rings is 1. The molecule has 0 amide bonds. The van der Waals surface area contributed by atoms with E-state index < -0.39 is 0 Å². The number of anilines is 1. The highest BCUT2D eigenvalue weighted by molar-refractivity contribution is 5.44. The Hall–Kier alpha value is -1.88. The van der Waals surface area contributed by atoms with Gasteiger partial charge in [-0.3, -0.25) is 4.57 Å². The van der Waals surface area contributed by atoms with Crippen molar-refractivity contribution in [1.29, 1.82) is 0 Å². The Kier molecular flexibility index (Phi) is 2.98. The molecule has 0 saturated carbocycles. The molecule has 1 N–H and O–H groups in total. The number of nitrogens with zero attached hydrogens (tertiary/aromatic N) is 3. The third-order valence-electron chi connectivity index (χ3n) is 3.11. The Morgan fingerprint density at radius 1 is 1.22 bits per heavy atom. The first kappa shape index (κ1) is 11.2. The van der Waals surface area contributed by atoms with Gasteiger partial charge < -0.3 is 10.2 Å². The van der Waals surface area contributed by atoms with Gasteiger partial charge in [0.2, 0.25) is 5.95 Å². The molecule has 1 aromatic heterocycles. The molecule has 0 unspecified atom stereocenters. The van der Waals surface area contributed by atoms with Crippen LogP contribution in [0.5, 0.6) is 0 Å². The van der Waals surface area contributed by atoms with Crippen molar-refractivity contribution < 1.29 is 4.39 Å². The van der Waals surface area contributed by atoms with E-state index in [0.717, 1.165) is 37.8 Å². The Labute approximate surface area is 105 Å². The summed E-state index contributed by atoms with van der Waals surface area (Å²) in [6.07, 6.45) is 3.62. The highest BCUT2D eigenvalue weighted by atomic mass is 19.1. The number of nitrogens with one attached hydrogen (secondary N) is 1. The summed E-state index contributed by atoms with van der Waals surface area (Å²) >= 11 is 0. The van der Waals surface area contributed by atoms with E-state index in [9.17, 15) is 4.39 Å². The van der Waals surface area contributed by atoms with Crippen molar-refractivity contribution in [3.05, 3.63) is 42.5 Å². The van der Waals surface area contributed by atoms with E-state index in [1.54, 1.807) is 12.3 Å². The molecule has 1 aromatic carbocycles. The molecule has 1 aliphatic heterocycles. The normalized spacial score (nSPS) is 15.9. The average Bonchev–Trinajstić information content (AvgIpc) is 2.89. The van der Waals surface area contributed by atoms with Crippen LogP contribution in [-0.2, 0) is 0 Å². The first-order valence-electron chi connectivity index (χ1n) is 6.09. The molecule has 4 nitrogen and oxygen atoms in total. The van der Waals surface area contributed by atoms with Gasteiger partial charge >= 0.3 is 0 Å². The largest absolute Gasteiger partial charge is 0.339 e. The minimum Gasteiger partial charge on any atom is -0.339 e. The SMILES string of the molecule is Fc1cccc(-n2ccnc2N2CCNCC2)c1. The minimum atomic E-state index is -0.229. The summed E-state index contributed by atoms with van der Waals surface area (Å²) in [7, 11) is 0. The summed E-state index contributed by atoms with van der Waals surface area (Å²) in [4.78, 5) is 6.59. The molecule has 1 fully saturated rings. The second-order valence-electron chi connectivity index (χ2n) is 4.31. The predicted molar refractivity (Wildman–Crippen MR) is 68.6 cm³/mol. The second kappa shape index (κ2) is 4.78. The molecule has 18 heavy (non-hydrogen) atoms.